The van der Waals surface area contributed by atoms with Crippen LogP contribution in [0.4, 0.5) is 4.79 Å². The number of aliphatic carboxylic acids is 1. The smallest absolute Gasteiger partial charge is 0.407 e. The lowest BCUT2D eigenvalue weighted by Gasteiger charge is -2.35. The Kier molecular flexibility index (Phi) is 7.71. The van der Waals surface area contributed by atoms with Crippen molar-refractivity contribution >= 4 is 18.0 Å². The molecular formula is C28H30N2O5. The van der Waals surface area contributed by atoms with Gasteiger partial charge in [0.2, 0.25) is 5.91 Å². The van der Waals surface area contributed by atoms with E-state index < -0.39 is 30.4 Å². The number of hydrogen-bond donors (Lipinski definition) is 2. The van der Waals surface area contributed by atoms with Crippen molar-refractivity contribution in [2.24, 2.45) is 0 Å². The number of amides is 2. The van der Waals surface area contributed by atoms with Crippen molar-refractivity contribution in [3.63, 3.8) is 0 Å². The average Bonchev–Trinajstić information content (AvgIpc) is 3.19. The van der Waals surface area contributed by atoms with Gasteiger partial charge in [-0.2, -0.15) is 0 Å². The number of hydrogen-bond acceptors (Lipinski definition) is 4. The molecule has 0 spiro atoms. The minimum Gasteiger partial charge on any atom is -0.481 e. The van der Waals surface area contributed by atoms with E-state index >= 15 is 0 Å². The van der Waals surface area contributed by atoms with Crippen LogP contribution in [0.5, 0.6) is 0 Å². The molecule has 7 nitrogen and oxygen atoms in total. The zero-order valence-corrected chi connectivity index (χ0v) is 19.6. The van der Waals surface area contributed by atoms with Crippen molar-refractivity contribution < 1.29 is 24.2 Å². The van der Waals surface area contributed by atoms with E-state index in [-0.39, 0.29) is 25.1 Å². The summed E-state index contributed by atoms with van der Waals surface area (Å²) < 4.78 is 5.53. The second-order valence-electron chi connectivity index (χ2n) is 9.08. The van der Waals surface area contributed by atoms with Gasteiger partial charge in [0.1, 0.15) is 12.6 Å². The van der Waals surface area contributed by atoms with Crippen LogP contribution in [-0.4, -0.2) is 53.2 Å². The summed E-state index contributed by atoms with van der Waals surface area (Å²) in [5.74, 6) is 0.696. The van der Waals surface area contributed by atoms with E-state index in [1.54, 1.807) is 0 Å². The Bertz CT molecular complexity index is 1090. The molecule has 0 aliphatic heterocycles. The Hall–Kier alpha value is -3.79. The summed E-state index contributed by atoms with van der Waals surface area (Å²) in [4.78, 5) is 39.1. The first kappa shape index (κ1) is 24.3. The van der Waals surface area contributed by atoms with Crippen LogP contribution < -0.4 is 5.32 Å². The van der Waals surface area contributed by atoms with Gasteiger partial charge in [0.25, 0.3) is 0 Å². The number of carboxylic acid groups (broad SMARTS) is 1. The van der Waals surface area contributed by atoms with Crippen molar-refractivity contribution in [2.75, 3.05) is 13.2 Å². The molecule has 0 radical (unpaired) electrons. The SMILES string of the molecule is C#CCN(C(=O)C(CC(=O)O)NC(=O)OCC1c2ccccc2-c2ccccc21)C1CCCCC1. The molecule has 4 rings (SSSR count). The predicted molar refractivity (Wildman–Crippen MR) is 132 cm³/mol. The molecule has 0 heterocycles. The van der Waals surface area contributed by atoms with Crippen LogP contribution in [-0.2, 0) is 14.3 Å². The quantitative estimate of drug-likeness (QED) is 0.560. The molecule has 2 aliphatic rings. The van der Waals surface area contributed by atoms with Gasteiger partial charge in [-0.15, -0.1) is 6.42 Å². The number of fused-ring (bicyclic) bond motifs is 3. The van der Waals surface area contributed by atoms with E-state index in [0.717, 1.165) is 54.4 Å². The monoisotopic (exact) mass is 474 g/mol. The van der Waals surface area contributed by atoms with E-state index in [2.05, 4.69) is 11.2 Å². The summed E-state index contributed by atoms with van der Waals surface area (Å²) in [5.41, 5.74) is 4.34. The fourth-order valence-corrected chi connectivity index (χ4v) is 5.24. The molecule has 1 atom stereocenters. The molecule has 7 heteroatoms. The summed E-state index contributed by atoms with van der Waals surface area (Å²) in [6.07, 6.45) is 8.85. The van der Waals surface area contributed by atoms with E-state index in [1.165, 1.54) is 4.90 Å². The molecule has 0 bridgehead atoms. The number of benzene rings is 2. The summed E-state index contributed by atoms with van der Waals surface area (Å²) in [6, 6.07) is 14.7. The maximum Gasteiger partial charge on any atom is 0.407 e. The molecule has 1 fully saturated rings. The first-order valence-electron chi connectivity index (χ1n) is 12.1. The third-order valence-corrected chi connectivity index (χ3v) is 6.87. The standard InChI is InChI=1S/C28H30N2O5/c1-2-16-30(19-10-4-3-5-11-19)27(33)25(17-26(31)32)29-28(34)35-18-24-22-14-8-6-12-20(22)21-13-7-9-15-23(21)24/h1,6-9,12-15,19,24-25H,3-5,10-11,16-18H2,(H,29,34)(H,31,32). The lowest BCUT2D eigenvalue weighted by molar-refractivity contribution is -0.143. The molecular weight excluding hydrogens is 444 g/mol. The van der Waals surface area contributed by atoms with Gasteiger partial charge < -0.3 is 20.1 Å². The Morgan fingerprint density at radius 1 is 1.03 bits per heavy atom. The fraction of sp³-hybridized carbons (Fsp3) is 0.393. The molecule has 2 amide bonds. The highest BCUT2D eigenvalue weighted by molar-refractivity contribution is 5.89. The maximum absolute atomic E-state index is 13.3. The van der Waals surface area contributed by atoms with Crippen molar-refractivity contribution in [3.8, 4) is 23.5 Å². The minimum absolute atomic E-state index is 0.0482. The van der Waals surface area contributed by atoms with Crippen LogP contribution in [0.25, 0.3) is 11.1 Å². The van der Waals surface area contributed by atoms with Crippen molar-refractivity contribution in [3.05, 3.63) is 59.7 Å². The topological polar surface area (TPSA) is 95.9 Å². The van der Waals surface area contributed by atoms with Gasteiger partial charge >= 0.3 is 12.1 Å². The van der Waals surface area contributed by atoms with Crippen molar-refractivity contribution in [1.82, 2.24) is 10.2 Å². The number of carboxylic acids is 1. The molecule has 1 unspecified atom stereocenters. The Balaban J connectivity index is 1.45. The largest absolute Gasteiger partial charge is 0.481 e. The zero-order chi connectivity index (χ0) is 24.8. The summed E-state index contributed by atoms with van der Waals surface area (Å²) in [6.45, 7) is 0.149. The molecule has 0 aromatic heterocycles. The molecule has 0 saturated heterocycles. The van der Waals surface area contributed by atoms with Gasteiger partial charge in [0.15, 0.2) is 0 Å². The number of carbonyl (C=O) groups is 3. The summed E-state index contributed by atoms with van der Waals surface area (Å²) in [5, 5.41) is 11.9. The highest BCUT2D eigenvalue weighted by Crippen LogP contribution is 2.44. The van der Waals surface area contributed by atoms with Gasteiger partial charge in [-0.25, -0.2) is 4.79 Å². The number of nitrogens with zero attached hydrogens (tertiary/aromatic N) is 1. The van der Waals surface area contributed by atoms with Crippen molar-refractivity contribution in [2.45, 2.75) is 56.5 Å². The van der Waals surface area contributed by atoms with E-state index in [0.29, 0.717) is 0 Å². The van der Waals surface area contributed by atoms with Gasteiger partial charge in [-0.3, -0.25) is 9.59 Å². The van der Waals surface area contributed by atoms with Crippen LogP contribution in [0.3, 0.4) is 0 Å². The third-order valence-electron chi connectivity index (χ3n) is 6.87. The second kappa shape index (κ2) is 11.1. The number of alkyl carbamates (subject to hydrolysis) is 1. The molecule has 2 aliphatic carbocycles. The highest BCUT2D eigenvalue weighted by Gasteiger charge is 2.34. The van der Waals surface area contributed by atoms with Gasteiger partial charge in [-0.05, 0) is 35.1 Å². The summed E-state index contributed by atoms with van der Waals surface area (Å²) >= 11 is 0. The van der Waals surface area contributed by atoms with Crippen LogP contribution in [0.1, 0.15) is 55.6 Å². The minimum atomic E-state index is -1.25. The van der Waals surface area contributed by atoms with Crippen LogP contribution in [0, 0.1) is 12.3 Å². The molecule has 2 aromatic rings. The Morgan fingerprint density at radius 3 is 2.20 bits per heavy atom. The number of nitrogens with one attached hydrogen (secondary N) is 1. The van der Waals surface area contributed by atoms with E-state index in [9.17, 15) is 19.5 Å². The maximum atomic E-state index is 13.3. The number of rotatable bonds is 8. The molecule has 35 heavy (non-hydrogen) atoms. The lowest BCUT2D eigenvalue weighted by atomic mass is 9.93. The number of carbonyl (C=O) groups excluding carboxylic acids is 2. The zero-order valence-electron chi connectivity index (χ0n) is 19.6. The first-order valence-corrected chi connectivity index (χ1v) is 12.1. The second-order valence-corrected chi connectivity index (χ2v) is 9.08. The normalized spacial score (nSPS) is 15.9. The lowest BCUT2D eigenvalue weighted by Crippen LogP contribution is -2.53. The molecule has 1 saturated carbocycles. The molecule has 2 aromatic carbocycles. The van der Waals surface area contributed by atoms with Gasteiger partial charge in [-0.1, -0.05) is 73.7 Å². The highest BCUT2D eigenvalue weighted by atomic mass is 16.5. The third kappa shape index (κ3) is 5.48. The average molecular weight is 475 g/mol. The Labute approximate surface area is 205 Å². The van der Waals surface area contributed by atoms with Gasteiger partial charge in [0, 0.05) is 12.0 Å². The van der Waals surface area contributed by atoms with Crippen molar-refractivity contribution in [1.29, 1.82) is 0 Å². The molecule has 2 N–H and O–H groups in total. The van der Waals surface area contributed by atoms with Gasteiger partial charge in [0.05, 0.1) is 13.0 Å². The number of terminal acetylenes is 1. The van der Waals surface area contributed by atoms with Crippen LogP contribution in [0.2, 0.25) is 0 Å². The predicted octanol–water partition coefficient (Wildman–Crippen LogP) is 4.16. The summed E-state index contributed by atoms with van der Waals surface area (Å²) in [7, 11) is 0. The van der Waals surface area contributed by atoms with Crippen LogP contribution in [0.15, 0.2) is 48.5 Å². The first-order chi connectivity index (χ1) is 17.0. The molecule has 182 valence electrons. The fourth-order valence-electron chi connectivity index (χ4n) is 5.24. The van der Waals surface area contributed by atoms with E-state index in [4.69, 9.17) is 11.2 Å². The van der Waals surface area contributed by atoms with E-state index in [1.807, 2.05) is 48.5 Å². The number of ether oxygens (including phenoxy) is 1. The Morgan fingerprint density at radius 2 is 1.63 bits per heavy atom. The van der Waals surface area contributed by atoms with Crippen LogP contribution >= 0.6 is 0 Å².